The highest BCUT2D eigenvalue weighted by molar-refractivity contribution is 5.78. The Morgan fingerprint density at radius 3 is 2.53 bits per heavy atom. The molecule has 1 aliphatic rings. The van der Waals surface area contributed by atoms with Gasteiger partial charge in [-0.15, -0.1) is 0 Å². The van der Waals surface area contributed by atoms with E-state index in [2.05, 4.69) is 5.32 Å². The monoisotopic (exact) mass is 215 g/mol. The first-order valence-electron chi connectivity index (χ1n) is 5.67. The fourth-order valence-electron chi connectivity index (χ4n) is 2.05. The molecule has 88 valence electrons. The number of aliphatic hydroxyl groups is 1. The van der Waals surface area contributed by atoms with E-state index >= 15 is 0 Å². The zero-order valence-corrected chi connectivity index (χ0v) is 9.53. The number of aliphatic hydroxyl groups excluding tert-OH is 1. The number of rotatable bonds is 4. The van der Waals surface area contributed by atoms with Crippen LogP contribution in [0.5, 0.6) is 0 Å². The van der Waals surface area contributed by atoms with Crippen molar-refractivity contribution in [3.05, 3.63) is 0 Å². The topological polar surface area (TPSA) is 58.6 Å². The van der Waals surface area contributed by atoms with Crippen LogP contribution < -0.4 is 5.32 Å². The molecule has 1 fully saturated rings. The van der Waals surface area contributed by atoms with Gasteiger partial charge in [-0.25, -0.2) is 0 Å². The van der Waals surface area contributed by atoms with Crippen molar-refractivity contribution in [3.63, 3.8) is 0 Å². The van der Waals surface area contributed by atoms with Gasteiger partial charge in [-0.2, -0.15) is 0 Å². The Bertz CT molecular complexity index is 198. The molecule has 0 saturated carbocycles. The minimum Gasteiger partial charge on any atom is -0.396 e. The van der Waals surface area contributed by atoms with Crippen molar-refractivity contribution >= 4 is 5.91 Å². The fourth-order valence-corrected chi connectivity index (χ4v) is 2.05. The second kappa shape index (κ2) is 6.08. The zero-order valence-electron chi connectivity index (χ0n) is 9.53. The first-order chi connectivity index (χ1) is 7.13. The lowest BCUT2D eigenvalue weighted by molar-refractivity contribution is -0.133. The SMILES string of the molecule is CC1CC(C(=O)NCCCO)CC(C)O1. The molecule has 1 saturated heterocycles. The van der Waals surface area contributed by atoms with E-state index in [0.717, 1.165) is 12.8 Å². The van der Waals surface area contributed by atoms with Crippen molar-refractivity contribution < 1.29 is 14.6 Å². The summed E-state index contributed by atoms with van der Waals surface area (Å²) in [6, 6.07) is 0. The van der Waals surface area contributed by atoms with Crippen LogP contribution in [0.25, 0.3) is 0 Å². The smallest absolute Gasteiger partial charge is 0.223 e. The largest absolute Gasteiger partial charge is 0.396 e. The molecule has 1 amide bonds. The van der Waals surface area contributed by atoms with Crippen LogP contribution in [0.3, 0.4) is 0 Å². The summed E-state index contributed by atoms with van der Waals surface area (Å²) < 4.78 is 5.57. The van der Waals surface area contributed by atoms with Crippen molar-refractivity contribution in [1.82, 2.24) is 5.32 Å². The van der Waals surface area contributed by atoms with Gasteiger partial charge >= 0.3 is 0 Å². The van der Waals surface area contributed by atoms with Gasteiger partial charge in [-0.1, -0.05) is 0 Å². The van der Waals surface area contributed by atoms with Crippen LogP contribution in [-0.4, -0.2) is 36.4 Å². The lowest BCUT2D eigenvalue weighted by atomic mass is 9.92. The molecule has 0 radical (unpaired) electrons. The predicted molar refractivity (Wildman–Crippen MR) is 57.4 cm³/mol. The minimum atomic E-state index is 0.0717. The summed E-state index contributed by atoms with van der Waals surface area (Å²) in [5, 5.41) is 11.4. The Kier molecular flexibility index (Phi) is 5.05. The molecule has 0 aromatic carbocycles. The number of amides is 1. The zero-order chi connectivity index (χ0) is 11.3. The highest BCUT2D eigenvalue weighted by atomic mass is 16.5. The van der Waals surface area contributed by atoms with Gasteiger partial charge in [-0.05, 0) is 33.1 Å². The third-order valence-electron chi connectivity index (χ3n) is 2.70. The molecule has 0 aromatic rings. The van der Waals surface area contributed by atoms with Gasteiger partial charge in [0.05, 0.1) is 12.2 Å². The number of hydrogen-bond donors (Lipinski definition) is 2. The molecule has 0 spiro atoms. The van der Waals surface area contributed by atoms with E-state index in [1.165, 1.54) is 0 Å². The van der Waals surface area contributed by atoms with Crippen LogP contribution in [0, 0.1) is 5.92 Å². The molecule has 1 aliphatic heterocycles. The van der Waals surface area contributed by atoms with E-state index < -0.39 is 0 Å². The third kappa shape index (κ3) is 4.18. The summed E-state index contributed by atoms with van der Waals surface area (Å²) >= 11 is 0. The average Bonchev–Trinajstić information content (AvgIpc) is 2.16. The summed E-state index contributed by atoms with van der Waals surface area (Å²) in [5.74, 6) is 0.174. The lowest BCUT2D eigenvalue weighted by Gasteiger charge is -2.31. The van der Waals surface area contributed by atoms with Gasteiger partial charge in [0.15, 0.2) is 0 Å². The van der Waals surface area contributed by atoms with Gasteiger partial charge in [0.1, 0.15) is 0 Å². The van der Waals surface area contributed by atoms with Crippen molar-refractivity contribution in [3.8, 4) is 0 Å². The van der Waals surface area contributed by atoms with Gasteiger partial charge in [0.25, 0.3) is 0 Å². The van der Waals surface area contributed by atoms with Crippen LogP contribution in [0.1, 0.15) is 33.1 Å². The molecule has 0 aromatic heterocycles. The number of carbonyl (C=O) groups excluding carboxylic acids is 1. The Morgan fingerprint density at radius 1 is 1.40 bits per heavy atom. The Balaban J connectivity index is 2.31. The molecule has 2 atom stereocenters. The molecule has 15 heavy (non-hydrogen) atoms. The molecule has 2 N–H and O–H groups in total. The van der Waals surface area contributed by atoms with Gasteiger partial charge < -0.3 is 15.2 Å². The summed E-state index contributed by atoms with van der Waals surface area (Å²) in [6.07, 6.45) is 2.56. The molecule has 4 heteroatoms. The van der Waals surface area contributed by atoms with E-state index in [1.54, 1.807) is 0 Å². The summed E-state index contributed by atoms with van der Waals surface area (Å²) in [4.78, 5) is 11.7. The Morgan fingerprint density at radius 2 is 2.00 bits per heavy atom. The minimum absolute atomic E-state index is 0.0717. The summed E-state index contributed by atoms with van der Waals surface area (Å²) in [6.45, 7) is 4.70. The van der Waals surface area contributed by atoms with E-state index in [0.29, 0.717) is 13.0 Å². The van der Waals surface area contributed by atoms with Crippen molar-refractivity contribution in [2.45, 2.75) is 45.3 Å². The van der Waals surface area contributed by atoms with E-state index in [-0.39, 0.29) is 30.6 Å². The molecule has 2 unspecified atom stereocenters. The van der Waals surface area contributed by atoms with Crippen LogP contribution >= 0.6 is 0 Å². The van der Waals surface area contributed by atoms with Crippen molar-refractivity contribution in [2.75, 3.05) is 13.2 Å². The maximum absolute atomic E-state index is 11.7. The quantitative estimate of drug-likeness (QED) is 0.678. The van der Waals surface area contributed by atoms with Gasteiger partial charge in [0, 0.05) is 19.1 Å². The highest BCUT2D eigenvalue weighted by Gasteiger charge is 2.29. The lowest BCUT2D eigenvalue weighted by Crippen LogP contribution is -2.39. The number of ether oxygens (including phenoxy) is 1. The molecule has 0 bridgehead atoms. The molecule has 0 aliphatic carbocycles. The number of hydrogen-bond acceptors (Lipinski definition) is 3. The fraction of sp³-hybridized carbons (Fsp3) is 0.909. The van der Waals surface area contributed by atoms with Gasteiger partial charge in [-0.3, -0.25) is 4.79 Å². The van der Waals surface area contributed by atoms with E-state index in [1.807, 2.05) is 13.8 Å². The number of carbonyl (C=O) groups is 1. The predicted octanol–water partition coefficient (Wildman–Crippen LogP) is 0.689. The second-order valence-corrected chi connectivity index (χ2v) is 4.29. The van der Waals surface area contributed by atoms with Crippen molar-refractivity contribution in [2.24, 2.45) is 5.92 Å². The van der Waals surface area contributed by atoms with Gasteiger partial charge in [0.2, 0.25) is 5.91 Å². The third-order valence-corrected chi connectivity index (χ3v) is 2.70. The van der Waals surface area contributed by atoms with Crippen LogP contribution in [0.15, 0.2) is 0 Å². The maximum atomic E-state index is 11.7. The summed E-state index contributed by atoms with van der Waals surface area (Å²) in [7, 11) is 0. The molecule has 1 rings (SSSR count). The Labute approximate surface area is 91.0 Å². The molecular weight excluding hydrogens is 194 g/mol. The number of nitrogens with one attached hydrogen (secondary N) is 1. The second-order valence-electron chi connectivity index (χ2n) is 4.29. The standard InChI is InChI=1S/C11H21NO3/c1-8-6-10(7-9(2)15-8)11(14)12-4-3-5-13/h8-10,13H,3-7H2,1-2H3,(H,12,14). The van der Waals surface area contributed by atoms with Crippen molar-refractivity contribution in [1.29, 1.82) is 0 Å². The van der Waals surface area contributed by atoms with Crippen LogP contribution in [-0.2, 0) is 9.53 Å². The Hall–Kier alpha value is -0.610. The first kappa shape index (κ1) is 12.5. The molecular formula is C11H21NO3. The highest BCUT2D eigenvalue weighted by Crippen LogP contribution is 2.24. The van der Waals surface area contributed by atoms with Crippen LogP contribution in [0.2, 0.25) is 0 Å². The normalized spacial score (nSPS) is 31.3. The average molecular weight is 215 g/mol. The van der Waals surface area contributed by atoms with E-state index in [4.69, 9.17) is 9.84 Å². The maximum Gasteiger partial charge on any atom is 0.223 e. The van der Waals surface area contributed by atoms with Crippen LogP contribution in [0.4, 0.5) is 0 Å². The first-order valence-corrected chi connectivity index (χ1v) is 5.67. The molecule has 1 heterocycles. The summed E-state index contributed by atoms with van der Waals surface area (Å²) in [5.41, 5.74) is 0. The van der Waals surface area contributed by atoms with E-state index in [9.17, 15) is 4.79 Å². The molecule has 4 nitrogen and oxygen atoms in total.